The minimum Gasteiger partial charge on any atom is -0.487 e. The van der Waals surface area contributed by atoms with Crippen molar-refractivity contribution in [3.63, 3.8) is 0 Å². The predicted octanol–water partition coefficient (Wildman–Crippen LogP) is 1.71. The quantitative estimate of drug-likeness (QED) is 0.906. The van der Waals surface area contributed by atoms with Crippen LogP contribution in [0.25, 0.3) is 0 Å². The Morgan fingerprint density at radius 1 is 1.32 bits per heavy atom. The number of piperidine rings is 1. The van der Waals surface area contributed by atoms with Gasteiger partial charge < -0.3 is 19.9 Å². The first-order valence-electron chi connectivity index (χ1n) is 8.99. The summed E-state index contributed by atoms with van der Waals surface area (Å²) in [6.07, 6.45) is 1.91. The molecule has 0 saturated carbocycles. The van der Waals surface area contributed by atoms with Gasteiger partial charge in [-0.3, -0.25) is 9.59 Å². The fourth-order valence-electron chi connectivity index (χ4n) is 3.66. The molecule has 1 saturated heterocycles. The van der Waals surface area contributed by atoms with Gasteiger partial charge >= 0.3 is 0 Å². The summed E-state index contributed by atoms with van der Waals surface area (Å²) in [6.45, 7) is 7.99. The average Bonchev–Trinajstić information content (AvgIpc) is 2.55. The van der Waals surface area contributed by atoms with E-state index in [2.05, 4.69) is 16.3 Å². The number of ether oxygens (including phenoxy) is 1. The summed E-state index contributed by atoms with van der Waals surface area (Å²) in [5, 5.41) is 2.93. The van der Waals surface area contributed by atoms with Crippen LogP contribution in [0.15, 0.2) is 18.2 Å². The molecule has 0 unspecified atom stereocenters. The van der Waals surface area contributed by atoms with Crippen molar-refractivity contribution >= 4 is 17.5 Å². The Morgan fingerprint density at radius 3 is 2.88 bits per heavy atom. The highest BCUT2D eigenvalue weighted by molar-refractivity contribution is 5.83. The predicted molar refractivity (Wildman–Crippen MR) is 96.9 cm³/mol. The number of likely N-dealkylation sites (tertiary alicyclic amines) is 1. The van der Waals surface area contributed by atoms with Crippen molar-refractivity contribution in [1.29, 1.82) is 0 Å². The molecule has 1 fully saturated rings. The molecular weight excluding hydrogens is 318 g/mol. The third-order valence-corrected chi connectivity index (χ3v) is 4.77. The van der Waals surface area contributed by atoms with Crippen molar-refractivity contribution in [2.45, 2.75) is 45.8 Å². The van der Waals surface area contributed by atoms with Gasteiger partial charge in [0.2, 0.25) is 11.8 Å². The van der Waals surface area contributed by atoms with E-state index < -0.39 is 0 Å². The van der Waals surface area contributed by atoms with E-state index in [9.17, 15) is 9.59 Å². The second-order valence-electron chi connectivity index (χ2n) is 7.16. The van der Waals surface area contributed by atoms with Crippen LogP contribution in [0.3, 0.4) is 0 Å². The van der Waals surface area contributed by atoms with Crippen LogP contribution in [0.2, 0.25) is 0 Å². The van der Waals surface area contributed by atoms with E-state index in [0.717, 1.165) is 36.4 Å². The Labute approximate surface area is 149 Å². The molecule has 2 aliphatic rings. The minimum absolute atomic E-state index is 0.0364. The molecule has 2 atom stereocenters. The fourth-order valence-corrected chi connectivity index (χ4v) is 3.66. The SMILES string of the molecule is CC(=O)N[C@@H]1CCCN(C(=O)CN2C[C@H](C)Oc3ccc(C)cc32)C1. The number of benzene rings is 1. The largest absolute Gasteiger partial charge is 0.487 e. The van der Waals surface area contributed by atoms with Crippen LogP contribution in [0.5, 0.6) is 5.75 Å². The smallest absolute Gasteiger partial charge is 0.242 e. The van der Waals surface area contributed by atoms with Crippen molar-refractivity contribution in [3.8, 4) is 5.75 Å². The molecule has 0 aromatic heterocycles. The molecule has 25 heavy (non-hydrogen) atoms. The summed E-state index contributed by atoms with van der Waals surface area (Å²) in [5.74, 6) is 0.911. The zero-order valence-electron chi connectivity index (χ0n) is 15.2. The maximum absolute atomic E-state index is 12.8. The van der Waals surface area contributed by atoms with Gasteiger partial charge in [-0.15, -0.1) is 0 Å². The highest BCUT2D eigenvalue weighted by Gasteiger charge is 2.29. The summed E-state index contributed by atoms with van der Waals surface area (Å²) in [5.41, 5.74) is 2.14. The first-order valence-corrected chi connectivity index (χ1v) is 8.99. The maximum atomic E-state index is 12.8. The second-order valence-corrected chi connectivity index (χ2v) is 7.16. The second kappa shape index (κ2) is 7.33. The van der Waals surface area contributed by atoms with Crippen molar-refractivity contribution in [3.05, 3.63) is 23.8 Å². The van der Waals surface area contributed by atoms with Crippen molar-refractivity contribution < 1.29 is 14.3 Å². The lowest BCUT2D eigenvalue weighted by atomic mass is 10.1. The van der Waals surface area contributed by atoms with Gasteiger partial charge in [-0.2, -0.15) is 0 Å². The first kappa shape index (κ1) is 17.6. The zero-order valence-corrected chi connectivity index (χ0v) is 15.2. The molecule has 3 rings (SSSR count). The molecular formula is C19H27N3O3. The number of anilines is 1. The van der Waals surface area contributed by atoms with Crippen molar-refractivity contribution in [1.82, 2.24) is 10.2 Å². The van der Waals surface area contributed by atoms with E-state index in [1.54, 1.807) is 0 Å². The van der Waals surface area contributed by atoms with Crippen LogP contribution in [-0.2, 0) is 9.59 Å². The van der Waals surface area contributed by atoms with Gasteiger partial charge in [-0.25, -0.2) is 0 Å². The van der Waals surface area contributed by atoms with E-state index in [4.69, 9.17) is 4.74 Å². The Morgan fingerprint density at radius 2 is 2.12 bits per heavy atom. The van der Waals surface area contributed by atoms with Gasteiger partial charge in [0.1, 0.15) is 11.9 Å². The molecule has 0 bridgehead atoms. The van der Waals surface area contributed by atoms with Crippen LogP contribution >= 0.6 is 0 Å². The van der Waals surface area contributed by atoms with E-state index in [-0.39, 0.29) is 24.0 Å². The van der Waals surface area contributed by atoms with Crippen LogP contribution in [0.4, 0.5) is 5.69 Å². The molecule has 2 heterocycles. The van der Waals surface area contributed by atoms with Gasteiger partial charge in [-0.1, -0.05) is 6.07 Å². The third-order valence-electron chi connectivity index (χ3n) is 4.77. The number of hydrogen-bond acceptors (Lipinski definition) is 4. The number of hydrogen-bond donors (Lipinski definition) is 1. The molecule has 0 aliphatic carbocycles. The molecule has 1 aromatic rings. The van der Waals surface area contributed by atoms with Gasteiger partial charge in [0.25, 0.3) is 0 Å². The van der Waals surface area contributed by atoms with Crippen LogP contribution in [0, 0.1) is 6.92 Å². The highest BCUT2D eigenvalue weighted by Crippen LogP contribution is 2.34. The molecule has 6 nitrogen and oxygen atoms in total. The van der Waals surface area contributed by atoms with Crippen LogP contribution in [0.1, 0.15) is 32.3 Å². The highest BCUT2D eigenvalue weighted by atomic mass is 16.5. The molecule has 136 valence electrons. The lowest BCUT2D eigenvalue weighted by Crippen LogP contribution is -2.52. The summed E-state index contributed by atoms with van der Waals surface area (Å²) in [4.78, 5) is 28.1. The standard InChI is InChI=1S/C19H27N3O3/c1-13-6-7-18-17(9-13)22(10-14(2)25-18)12-19(24)21-8-4-5-16(11-21)20-15(3)23/h6-7,9,14,16H,4-5,8,10-12H2,1-3H3,(H,20,23)/t14-,16+/m0/s1. The number of amides is 2. The van der Waals surface area contributed by atoms with Gasteiger partial charge in [0.15, 0.2) is 0 Å². The first-order chi connectivity index (χ1) is 11.9. The molecule has 1 aromatic carbocycles. The summed E-state index contributed by atoms with van der Waals surface area (Å²) in [7, 11) is 0. The van der Waals surface area contributed by atoms with E-state index in [0.29, 0.717) is 19.6 Å². The lowest BCUT2D eigenvalue weighted by Gasteiger charge is -2.38. The van der Waals surface area contributed by atoms with Crippen LogP contribution < -0.4 is 15.0 Å². The number of nitrogens with one attached hydrogen (secondary N) is 1. The number of rotatable bonds is 3. The third kappa shape index (κ3) is 4.24. The molecule has 2 amide bonds. The molecule has 1 N–H and O–H groups in total. The fraction of sp³-hybridized carbons (Fsp3) is 0.579. The Balaban J connectivity index is 1.68. The molecule has 0 radical (unpaired) electrons. The van der Waals surface area contributed by atoms with Crippen molar-refractivity contribution in [2.24, 2.45) is 0 Å². The lowest BCUT2D eigenvalue weighted by molar-refractivity contribution is -0.132. The zero-order chi connectivity index (χ0) is 18.0. The Hall–Kier alpha value is -2.24. The van der Waals surface area contributed by atoms with Crippen LogP contribution in [-0.4, -0.2) is 55.0 Å². The maximum Gasteiger partial charge on any atom is 0.242 e. The normalized spacial score (nSPS) is 22.8. The van der Waals surface area contributed by atoms with E-state index in [1.165, 1.54) is 6.92 Å². The van der Waals surface area contributed by atoms with E-state index >= 15 is 0 Å². The topological polar surface area (TPSA) is 61.9 Å². The monoisotopic (exact) mass is 345 g/mol. The van der Waals surface area contributed by atoms with E-state index in [1.807, 2.05) is 30.9 Å². The Kier molecular flexibility index (Phi) is 5.16. The summed E-state index contributed by atoms with van der Waals surface area (Å²) >= 11 is 0. The Bertz CT molecular complexity index is 661. The van der Waals surface area contributed by atoms with Crippen molar-refractivity contribution in [2.75, 3.05) is 31.1 Å². The summed E-state index contributed by atoms with van der Waals surface area (Å²) < 4.78 is 5.89. The minimum atomic E-state index is -0.0364. The summed E-state index contributed by atoms with van der Waals surface area (Å²) in [6, 6.07) is 6.14. The number of fused-ring (bicyclic) bond motifs is 1. The van der Waals surface area contributed by atoms with Gasteiger partial charge in [0, 0.05) is 26.1 Å². The number of carbonyl (C=O) groups is 2. The number of nitrogens with zero attached hydrogens (tertiary/aromatic N) is 2. The molecule has 2 aliphatic heterocycles. The number of aryl methyl sites for hydroxylation is 1. The average molecular weight is 345 g/mol. The molecule has 0 spiro atoms. The number of carbonyl (C=O) groups excluding carboxylic acids is 2. The van der Waals surface area contributed by atoms with Gasteiger partial charge in [0.05, 0.1) is 18.8 Å². The molecule has 6 heteroatoms. The van der Waals surface area contributed by atoms with Gasteiger partial charge in [-0.05, 0) is 44.4 Å².